The average molecular weight is 444 g/mol. The zero-order valence-corrected chi connectivity index (χ0v) is 19.2. The molecule has 0 spiro atoms. The van der Waals surface area contributed by atoms with Crippen LogP contribution in [0.3, 0.4) is 0 Å². The van der Waals surface area contributed by atoms with Gasteiger partial charge in [-0.1, -0.05) is 24.1 Å². The van der Waals surface area contributed by atoms with Crippen molar-refractivity contribution >= 4 is 23.6 Å². The van der Waals surface area contributed by atoms with Crippen LogP contribution in [0.1, 0.15) is 53.4 Å². The highest BCUT2D eigenvalue weighted by molar-refractivity contribution is 7.98. The summed E-state index contributed by atoms with van der Waals surface area (Å²) in [6.07, 6.45) is 7.83. The van der Waals surface area contributed by atoms with Crippen LogP contribution >= 0.6 is 11.8 Å². The van der Waals surface area contributed by atoms with E-state index in [9.17, 15) is 9.59 Å². The number of carbonyl (C=O) groups excluding carboxylic acids is 2. The van der Waals surface area contributed by atoms with Crippen LogP contribution in [-0.4, -0.2) is 54.4 Å². The number of nitrogens with one attached hydrogen (secondary N) is 2. The minimum absolute atomic E-state index is 0.00734. The first kappa shape index (κ1) is 23.4. The molecule has 2 amide bonds. The standard InChI is InChI=1S/C24H33N3O3S/c1-18-8-6-9-19(16-18)23(28)26-20(11-15-31-2)24(29)25-17-21(22-10-7-14-30-22)27-12-4-3-5-13-27/h6-10,14,16,20-21H,3-5,11-13,15,17H2,1-2H3,(H,25,29)(H,26,28). The van der Waals surface area contributed by atoms with Gasteiger partial charge in [-0.3, -0.25) is 14.5 Å². The second kappa shape index (κ2) is 12.0. The van der Waals surface area contributed by atoms with Crippen LogP contribution in [0.4, 0.5) is 0 Å². The molecule has 1 aromatic heterocycles. The van der Waals surface area contributed by atoms with Crippen LogP contribution in [-0.2, 0) is 4.79 Å². The van der Waals surface area contributed by atoms with Crippen LogP contribution in [0, 0.1) is 6.92 Å². The SMILES string of the molecule is CSCCC(NC(=O)c1cccc(C)c1)C(=O)NCC(c1ccco1)N1CCCCC1. The minimum atomic E-state index is -0.570. The van der Waals surface area contributed by atoms with Crippen LogP contribution in [0.25, 0.3) is 0 Å². The van der Waals surface area contributed by atoms with E-state index in [2.05, 4.69) is 15.5 Å². The molecule has 6 nitrogen and oxygen atoms in total. The fourth-order valence-corrected chi connectivity index (χ4v) is 4.44. The van der Waals surface area contributed by atoms with E-state index in [1.54, 1.807) is 24.1 Å². The van der Waals surface area contributed by atoms with E-state index in [-0.39, 0.29) is 17.9 Å². The molecule has 1 aromatic carbocycles. The molecule has 1 aliphatic rings. The van der Waals surface area contributed by atoms with Crippen molar-refractivity contribution in [3.05, 3.63) is 59.5 Å². The van der Waals surface area contributed by atoms with Gasteiger partial charge in [-0.05, 0) is 75.5 Å². The highest BCUT2D eigenvalue weighted by atomic mass is 32.2. The monoisotopic (exact) mass is 443 g/mol. The third-order valence-electron chi connectivity index (χ3n) is 5.69. The number of aryl methyl sites for hydroxylation is 1. The predicted octanol–water partition coefficient (Wildman–Crippen LogP) is 3.78. The Labute approximate surface area is 189 Å². The van der Waals surface area contributed by atoms with Crippen molar-refractivity contribution in [1.82, 2.24) is 15.5 Å². The van der Waals surface area contributed by atoms with Gasteiger partial charge in [0.25, 0.3) is 5.91 Å². The molecular weight excluding hydrogens is 410 g/mol. The quantitative estimate of drug-likeness (QED) is 0.585. The number of furan rings is 1. The van der Waals surface area contributed by atoms with E-state index in [0.717, 1.165) is 43.0 Å². The molecular formula is C24H33N3O3S. The molecule has 2 aromatic rings. The van der Waals surface area contributed by atoms with Gasteiger partial charge < -0.3 is 15.1 Å². The van der Waals surface area contributed by atoms with Gasteiger partial charge in [0, 0.05) is 12.1 Å². The number of piperidine rings is 1. The number of nitrogens with zero attached hydrogens (tertiary/aromatic N) is 1. The molecule has 0 aliphatic carbocycles. The number of rotatable bonds is 10. The topological polar surface area (TPSA) is 74.6 Å². The summed E-state index contributed by atoms with van der Waals surface area (Å²) < 4.78 is 5.67. The van der Waals surface area contributed by atoms with Gasteiger partial charge in [0.05, 0.1) is 12.3 Å². The summed E-state index contributed by atoms with van der Waals surface area (Å²) in [6.45, 7) is 4.41. The zero-order valence-electron chi connectivity index (χ0n) is 18.4. The maximum atomic E-state index is 13.1. The highest BCUT2D eigenvalue weighted by Gasteiger charge is 2.27. The maximum absolute atomic E-state index is 13.1. The Morgan fingerprint density at radius 2 is 1.97 bits per heavy atom. The molecule has 1 fully saturated rings. The molecule has 31 heavy (non-hydrogen) atoms. The molecule has 2 heterocycles. The maximum Gasteiger partial charge on any atom is 0.251 e. The third kappa shape index (κ3) is 6.87. The molecule has 2 N–H and O–H groups in total. The second-order valence-corrected chi connectivity index (χ2v) is 9.04. The second-order valence-electron chi connectivity index (χ2n) is 8.05. The lowest BCUT2D eigenvalue weighted by Gasteiger charge is -2.33. The van der Waals surface area contributed by atoms with E-state index in [1.807, 2.05) is 43.5 Å². The largest absolute Gasteiger partial charge is 0.468 e. The summed E-state index contributed by atoms with van der Waals surface area (Å²) in [7, 11) is 0. The molecule has 0 radical (unpaired) electrons. The molecule has 2 atom stereocenters. The van der Waals surface area contributed by atoms with Gasteiger partial charge in [-0.25, -0.2) is 0 Å². The van der Waals surface area contributed by atoms with Gasteiger partial charge in [-0.2, -0.15) is 11.8 Å². The summed E-state index contributed by atoms with van der Waals surface area (Å²) in [5.41, 5.74) is 1.59. The summed E-state index contributed by atoms with van der Waals surface area (Å²) >= 11 is 1.66. The fraction of sp³-hybridized carbons (Fsp3) is 0.500. The predicted molar refractivity (Wildman–Crippen MR) is 125 cm³/mol. The Kier molecular flexibility index (Phi) is 9.03. The van der Waals surface area contributed by atoms with Crippen molar-refractivity contribution in [3.8, 4) is 0 Å². The fourth-order valence-electron chi connectivity index (χ4n) is 3.97. The van der Waals surface area contributed by atoms with Gasteiger partial charge in [0.1, 0.15) is 11.8 Å². The van der Waals surface area contributed by atoms with Crippen molar-refractivity contribution in [2.24, 2.45) is 0 Å². The van der Waals surface area contributed by atoms with Crippen LogP contribution in [0.15, 0.2) is 47.1 Å². The van der Waals surface area contributed by atoms with Crippen LogP contribution in [0.2, 0.25) is 0 Å². The molecule has 1 aliphatic heterocycles. The van der Waals surface area contributed by atoms with Gasteiger partial charge in [-0.15, -0.1) is 0 Å². The molecule has 1 saturated heterocycles. The van der Waals surface area contributed by atoms with Crippen LogP contribution in [0.5, 0.6) is 0 Å². The van der Waals surface area contributed by atoms with Gasteiger partial charge in [0.2, 0.25) is 5.91 Å². The van der Waals surface area contributed by atoms with E-state index in [0.29, 0.717) is 18.5 Å². The van der Waals surface area contributed by atoms with E-state index >= 15 is 0 Å². The molecule has 168 valence electrons. The number of likely N-dealkylation sites (tertiary alicyclic amines) is 1. The Hall–Kier alpha value is -2.25. The molecule has 0 bridgehead atoms. The Morgan fingerprint density at radius 3 is 2.65 bits per heavy atom. The van der Waals surface area contributed by atoms with Crippen molar-refractivity contribution < 1.29 is 14.0 Å². The Morgan fingerprint density at radius 1 is 1.16 bits per heavy atom. The molecule has 7 heteroatoms. The van der Waals surface area contributed by atoms with E-state index in [1.165, 1.54) is 6.42 Å². The lowest BCUT2D eigenvalue weighted by Crippen LogP contribution is -2.49. The lowest BCUT2D eigenvalue weighted by atomic mass is 10.1. The van der Waals surface area contributed by atoms with E-state index in [4.69, 9.17) is 4.42 Å². The number of hydrogen-bond donors (Lipinski definition) is 2. The molecule has 0 saturated carbocycles. The number of hydrogen-bond acceptors (Lipinski definition) is 5. The van der Waals surface area contributed by atoms with Gasteiger partial charge in [0.15, 0.2) is 0 Å². The first-order valence-electron chi connectivity index (χ1n) is 11.0. The lowest BCUT2D eigenvalue weighted by molar-refractivity contribution is -0.123. The Balaban J connectivity index is 1.65. The van der Waals surface area contributed by atoms with Crippen molar-refractivity contribution in [2.75, 3.05) is 31.6 Å². The van der Waals surface area contributed by atoms with Gasteiger partial charge >= 0.3 is 0 Å². The van der Waals surface area contributed by atoms with E-state index < -0.39 is 6.04 Å². The minimum Gasteiger partial charge on any atom is -0.468 e. The van der Waals surface area contributed by atoms with Crippen molar-refractivity contribution in [2.45, 2.75) is 44.7 Å². The first-order chi connectivity index (χ1) is 15.1. The first-order valence-corrected chi connectivity index (χ1v) is 12.4. The highest BCUT2D eigenvalue weighted by Crippen LogP contribution is 2.24. The van der Waals surface area contributed by atoms with Crippen molar-refractivity contribution in [3.63, 3.8) is 0 Å². The van der Waals surface area contributed by atoms with Crippen molar-refractivity contribution in [1.29, 1.82) is 0 Å². The smallest absolute Gasteiger partial charge is 0.251 e. The third-order valence-corrected chi connectivity index (χ3v) is 6.33. The average Bonchev–Trinajstić information content (AvgIpc) is 3.32. The number of amides is 2. The normalized spacial score (nSPS) is 16.5. The summed E-state index contributed by atoms with van der Waals surface area (Å²) in [4.78, 5) is 28.2. The number of benzene rings is 1. The summed E-state index contributed by atoms with van der Waals surface area (Å²) in [5, 5.41) is 6.01. The molecule has 3 rings (SSSR count). The summed E-state index contributed by atoms with van der Waals surface area (Å²) in [5.74, 6) is 1.29. The number of carbonyl (C=O) groups is 2. The summed E-state index contributed by atoms with van der Waals surface area (Å²) in [6, 6.07) is 10.7. The van der Waals surface area contributed by atoms with Crippen LogP contribution < -0.4 is 10.6 Å². The zero-order chi connectivity index (χ0) is 22.1. The molecule has 2 unspecified atom stereocenters. The number of thioether (sulfide) groups is 1. The Bertz CT molecular complexity index is 834.